The first kappa shape index (κ1) is 19.2. The van der Waals surface area contributed by atoms with E-state index in [-0.39, 0.29) is 6.10 Å². The summed E-state index contributed by atoms with van der Waals surface area (Å²) in [6, 6.07) is 18.2. The van der Waals surface area contributed by atoms with Gasteiger partial charge in [0.2, 0.25) is 0 Å². The Hall–Kier alpha value is -3.12. The molecule has 1 fully saturated rings. The third-order valence-electron chi connectivity index (χ3n) is 4.61. The average molecular weight is 390 g/mol. The zero-order chi connectivity index (χ0) is 20.1. The van der Waals surface area contributed by atoms with Crippen molar-refractivity contribution in [1.82, 2.24) is 14.8 Å². The maximum atomic E-state index is 5.77. The molecule has 0 aliphatic carbocycles. The van der Waals surface area contributed by atoms with Gasteiger partial charge in [-0.3, -0.25) is 5.01 Å². The summed E-state index contributed by atoms with van der Waals surface area (Å²) in [6.45, 7) is 7.08. The number of morpholine rings is 1. The lowest BCUT2D eigenvalue weighted by molar-refractivity contribution is 0.0397. The zero-order valence-corrected chi connectivity index (χ0v) is 16.9. The van der Waals surface area contributed by atoms with E-state index in [2.05, 4.69) is 5.10 Å². The molecule has 1 saturated heterocycles. The predicted molar refractivity (Wildman–Crippen MR) is 115 cm³/mol. The lowest BCUT2D eigenvalue weighted by Gasteiger charge is -2.23. The maximum Gasteiger partial charge on any atom is 0.119 e. The van der Waals surface area contributed by atoms with Crippen LogP contribution < -0.4 is 4.74 Å². The second kappa shape index (κ2) is 8.92. The van der Waals surface area contributed by atoms with Crippen LogP contribution in [0.2, 0.25) is 0 Å². The largest absolute Gasteiger partial charge is 0.491 e. The van der Waals surface area contributed by atoms with Gasteiger partial charge in [-0.05, 0) is 50.2 Å². The fourth-order valence-corrected chi connectivity index (χ4v) is 3.20. The maximum absolute atomic E-state index is 5.77. The topological polar surface area (TPSA) is 51.9 Å². The van der Waals surface area contributed by atoms with E-state index in [9.17, 15) is 0 Å². The first-order chi connectivity index (χ1) is 14.2. The number of hydrogen-bond acceptors (Lipinski definition) is 5. The van der Waals surface area contributed by atoms with E-state index in [1.165, 1.54) is 0 Å². The van der Waals surface area contributed by atoms with Crippen molar-refractivity contribution in [3.8, 4) is 22.7 Å². The monoisotopic (exact) mass is 390 g/mol. The first-order valence-electron chi connectivity index (χ1n) is 9.98. The van der Waals surface area contributed by atoms with Crippen molar-refractivity contribution in [2.24, 2.45) is 5.10 Å². The van der Waals surface area contributed by atoms with Crippen molar-refractivity contribution in [2.45, 2.75) is 20.0 Å². The van der Waals surface area contributed by atoms with Crippen LogP contribution in [0.4, 0.5) is 0 Å². The molecule has 1 aliphatic heterocycles. The smallest absolute Gasteiger partial charge is 0.119 e. The summed E-state index contributed by atoms with van der Waals surface area (Å²) in [4.78, 5) is 0. The zero-order valence-electron chi connectivity index (χ0n) is 16.9. The molecule has 0 amide bonds. The minimum atomic E-state index is 0.148. The van der Waals surface area contributed by atoms with Crippen molar-refractivity contribution < 1.29 is 9.47 Å². The summed E-state index contributed by atoms with van der Waals surface area (Å²) in [5.74, 6) is 0.856. The lowest BCUT2D eigenvalue weighted by Crippen LogP contribution is -2.32. The molecule has 0 saturated carbocycles. The predicted octanol–water partition coefficient (Wildman–Crippen LogP) is 3.99. The van der Waals surface area contributed by atoms with E-state index in [1.54, 1.807) is 0 Å². The summed E-state index contributed by atoms with van der Waals surface area (Å²) in [7, 11) is 0. The van der Waals surface area contributed by atoms with E-state index in [4.69, 9.17) is 14.6 Å². The Balaban J connectivity index is 1.66. The van der Waals surface area contributed by atoms with Gasteiger partial charge in [0, 0.05) is 17.3 Å². The van der Waals surface area contributed by atoms with Crippen LogP contribution in [-0.2, 0) is 4.74 Å². The first-order valence-corrected chi connectivity index (χ1v) is 9.98. The Morgan fingerprint density at radius 2 is 1.76 bits per heavy atom. The van der Waals surface area contributed by atoms with Gasteiger partial charge < -0.3 is 9.47 Å². The molecule has 6 nitrogen and oxygen atoms in total. The van der Waals surface area contributed by atoms with Crippen LogP contribution in [0.15, 0.2) is 65.9 Å². The number of ether oxygens (including phenoxy) is 2. The van der Waals surface area contributed by atoms with Crippen LogP contribution in [0, 0.1) is 0 Å². The summed E-state index contributed by atoms with van der Waals surface area (Å²) < 4.78 is 13.1. The number of benzene rings is 2. The number of hydrazone groups is 1. The number of rotatable bonds is 6. The van der Waals surface area contributed by atoms with Gasteiger partial charge in [-0.25, -0.2) is 4.68 Å². The summed E-state index contributed by atoms with van der Waals surface area (Å²) >= 11 is 0. The number of aromatic nitrogens is 2. The Kier molecular flexibility index (Phi) is 5.91. The van der Waals surface area contributed by atoms with Gasteiger partial charge in [-0.15, -0.1) is 0 Å². The van der Waals surface area contributed by atoms with Crippen molar-refractivity contribution in [3.05, 3.63) is 66.4 Å². The second-order valence-corrected chi connectivity index (χ2v) is 7.21. The van der Waals surface area contributed by atoms with Crippen LogP contribution in [0.3, 0.4) is 0 Å². The highest BCUT2D eigenvalue weighted by molar-refractivity contribution is 5.88. The van der Waals surface area contributed by atoms with Crippen molar-refractivity contribution in [1.29, 1.82) is 0 Å². The molecule has 6 heteroatoms. The molecule has 150 valence electrons. The normalized spacial score (nSPS) is 14.7. The highest BCUT2D eigenvalue weighted by atomic mass is 16.5. The van der Waals surface area contributed by atoms with Crippen LogP contribution in [0.5, 0.6) is 5.75 Å². The van der Waals surface area contributed by atoms with Gasteiger partial charge >= 0.3 is 0 Å². The van der Waals surface area contributed by atoms with Crippen molar-refractivity contribution in [3.63, 3.8) is 0 Å². The standard InChI is InChI=1S/C23H26N4O2/c1-18(2)29-22-10-8-19(9-11-22)23-20(16-24-26-12-14-28-15-13-26)17-27(25-23)21-6-4-3-5-7-21/h3-11,16-18H,12-15H2,1-2H3/b24-16-. The fourth-order valence-electron chi connectivity index (χ4n) is 3.20. The highest BCUT2D eigenvalue weighted by Crippen LogP contribution is 2.25. The van der Waals surface area contributed by atoms with Crippen LogP contribution in [0.1, 0.15) is 19.4 Å². The van der Waals surface area contributed by atoms with Gasteiger partial charge in [0.15, 0.2) is 0 Å². The summed E-state index contributed by atoms with van der Waals surface area (Å²) in [6.07, 6.45) is 4.06. The molecule has 1 aromatic heterocycles. The van der Waals surface area contributed by atoms with Crippen LogP contribution >= 0.6 is 0 Å². The van der Waals surface area contributed by atoms with Gasteiger partial charge in [0.05, 0.1) is 44.3 Å². The van der Waals surface area contributed by atoms with Crippen LogP contribution in [0.25, 0.3) is 16.9 Å². The van der Waals surface area contributed by atoms with Gasteiger partial charge in [0.1, 0.15) is 11.4 Å². The van der Waals surface area contributed by atoms with E-state index >= 15 is 0 Å². The number of hydrogen-bond donors (Lipinski definition) is 0. The van der Waals surface area contributed by atoms with Crippen LogP contribution in [-0.4, -0.2) is 53.4 Å². The Morgan fingerprint density at radius 3 is 2.45 bits per heavy atom. The third-order valence-corrected chi connectivity index (χ3v) is 4.61. The molecular weight excluding hydrogens is 364 g/mol. The average Bonchev–Trinajstić information content (AvgIpc) is 3.18. The Bertz CT molecular complexity index is 943. The fraction of sp³-hybridized carbons (Fsp3) is 0.304. The molecule has 2 aromatic carbocycles. The Morgan fingerprint density at radius 1 is 1.03 bits per heavy atom. The van der Waals surface area contributed by atoms with E-state index < -0.39 is 0 Å². The number of nitrogens with zero attached hydrogens (tertiary/aromatic N) is 4. The quantitative estimate of drug-likeness (QED) is 0.597. The summed E-state index contributed by atoms with van der Waals surface area (Å²) in [5.41, 5.74) is 3.90. The molecule has 2 heterocycles. The van der Waals surface area contributed by atoms with Gasteiger partial charge in [-0.2, -0.15) is 10.2 Å². The molecule has 0 atom stereocenters. The van der Waals surface area contributed by atoms with E-state index in [0.717, 1.165) is 41.3 Å². The molecule has 3 aromatic rings. The lowest BCUT2D eigenvalue weighted by atomic mass is 10.1. The van der Waals surface area contributed by atoms with Crippen molar-refractivity contribution in [2.75, 3.05) is 26.3 Å². The molecule has 0 radical (unpaired) electrons. The van der Waals surface area contributed by atoms with Gasteiger partial charge in [0.25, 0.3) is 0 Å². The van der Waals surface area contributed by atoms with Crippen molar-refractivity contribution >= 4 is 6.21 Å². The Labute approximate surface area is 171 Å². The molecule has 0 bridgehead atoms. The minimum absolute atomic E-state index is 0.148. The number of para-hydroxylation sites is 1. The highest BCUT2D eigenvalue weighted by Gasteiger charge is 2.13. The molecule has 0 N–H and O–H groups in total. The van der Waals surface area contributed by atoms with Gasteiger partial charge in [-0.1, -0.05) is 18.2 Å². The van der Waals surface area contributed by atoms with E-state index in [0.29, 0.717) is 13.2 Å². The van der Waals surface area contributed by atoms with E-state index in [1.807, 2.05) is 90.5 Å². The SMILES string of the molecule is CC(C)Oc1ccc(-c2nn(-c3ccccc3)cc2/C=N\N2CCOCC2)cc1. The summed E-state index contributed by atoms with van der Waals surface area (Å²) in [5, 5.41) is 11.5. The second-order valence-electron chi connectivity index (χ2n) is 7.21. The minimum Gasteiger partial charge on any atom is -0.491 e. The molecule has 0 spiro atoms. The molecule has 29 heavy (non-hydrogen) atoms. The molecule has 4 rings (SSSR count). The molecular formula is C23H26N4O2. The molecule has 0 unspecified atom stereocenters. The molecule has 1 aliphatic rings. The third kappa shape index (κ3) is 4.84.